The minimum atomic E-state index is -0.0537. The molecular formula is C39H80O10. The van der Waals surface area contributed by atoms with Crippen molar-refractivity contribution in [1.82, 2.24) is 0 Å². The van der Waals surface area contributed by atoms with Crippen LogP contribution in [-0.2, 0) is 42.6 Å². The van der Waals surface area contributed by atoms with Gasteiger partial charge in [0.15, 0.2) is 0 Å². The molecule has 0 aliphatic rings. The highest BCUT2D eigenvalue weighted by molar-refractivity contribution is 4.59. The van der Waals surface area contributed by atoms with Crippen molar-refractivity contribution >= 4 is 0 Å². The van der Waals surface area contributed by atoms with Gasteiger partial charge in [0, 0.05) is 6.61 Å². The quantitative estimate of drug-likeness (QED) is 0.0642. The molecule has 0 radical (unpaired) electrons. The number of hydrogen-bond acceptors (Lipinski definition) is 10. The molecule has 0 aromatic rings. The summed E-state index contributed by atoms with van der Waals surface area (Å²) in [4.78, 5) is 0. The van der Waals surface area contributed by atoms with E-state index in [9.17, 15) is 0 Å². The number of rotatable bonds is 40. The van der Waals surface area contributed by atoms with Crippen LogP contribution in [0.3, 0.4) is 0 Å². The maximum atomic E-state index is 8.66. The fourth-order valence-electron chi connectivity index (χ4n) is 4.95. The highest BCUT2D eigenvalue weighted by Gasteiger charge is 2.13. The molecule has 296 valence electrons. The van der Waals surface area contributed by atoms with Gasteiger partial charge in [-0.1, -0.05) is 84.0 Å². The van der Waals surface area contributed by atoms with E-state index in [1.54, 1.807) is 0 Å². The van der Waals surface area contributed by atoms with Crippen LogP contribution >= 0.6 is 0 Å². The van der Waals surface area contributed by atoms with Gasteiger partial charge < -0.3 is 47.7 Å². The predicted molar refractivity (Wildman–Crippen MR) is 198 cm³/mol. The number of unbranched alkanes of at least 4 members (excludes halogenated alkanes) is 12. The smallest absolute Gasteiger partial charge is 0.0781 e. The topological polar surface area (TPSA) is 103 Å². The van der Waals surface area contributed by atoms with Crippen LogP contribution in [-0.4, -0.2) is 128 Å². The summed E-state index contributed by atoms with van der Waals surface area (Å²) < 4.78 is 51.7. The summed E-state index contributed by atoms with van der Waals surface area (Å²) in [6, 6.07) is 0. The second-order valence-corrected chi connectivity index (χ2v) is 13.7. The van der Waals surface area contributed by atoms with Gasteiger partial charge >= 0.3 is 0 Å². The maximum absolute atomic E-state index is 8.66. The molecule has 0 aliphatic carbocycles. The van der Waals surface area contributed by atoms with Crippen molar-refractivity contribution in [3.8, 4) is 0 Å². The van der Waals surface area contributed by atoms with E-state index in [0.29, 0.717) is 72.7 Å². The Kier molecular flexibility index (Phi) is 37.1. The zero-order valence-corrected chi connectivity index (χ0v) is 33.0. The molecule has 0 heterocycles. The molecule has 0 amide bonds. The molecule has 0 spiro atoms. The van der Waals surface area contributed by atoms with E-state index in [2.05, 4.69) is 13.8 Å². The first kappa shape index (κ1) is 48.6. The molecule has 10 heteroatoms. The number of hydrogen-bond donors (Lipinski definition) is 1. The van der Waals surface area contributed by atoms with Gasteiger partial charge in [0.1, 0.15) is 0 Å². The van der Waals surface area contributed by atoms with Crippen LogP contribution in [0.25, 0.3) is 0 Å². The second-order valence-electron chi connectivity index (χ2n) is 13.7. The van der Waals surface area contributed by atoms with Gasteiger partial charge in [-0.3, -0.25) is 0 Å². The van der Waals surface area contributed by atoms with Gasteiger partial charge in [0.05, 0.1) is 116 Å². The van der Waals surface area contributed by atoms with Gasteiger partial charge in [-0.15, -0.1) is 0 Å². The SMILES string of the molecule is CCCCCCCCCCCCCCCOCC(C)OCC(C)OCC(C)OCC(C)OCC(C)OCC(C)OCCOCCOCCO. The van der Waals surface area contributed by atoms with Crippen molar-refractivity contribution < 1.29 is 47.7 Å². The van der Waals surface area contributed by atoms with Crippen LogP contribution in [0.5, 0.6) is 0 Å². The Morgan fingerprint density at radius 2 is 0.653 bits per heavy atom. The number of ether oxygens (including phenoxy) is 9. The molecule has 0 bridgehead atoms. The minimum absolute atomic E-state index is 0.0166. The Morgan fingerprint density at radius 3 is 1.06 bits per heavy atom. The Bertz CT molecular complexity index is 643. The van der Waals surface area contributed by atoms with Crippen molar-refractivity contribution in [2.75, 3.05) is 85.9 Å². The molecular weight excluding hydrogens is 628 g/mol. The lowest BCUT2D eigenvalue weighted by Crippen LogP contribution is -2.30. The van der Waals surface area contributed by atoms with E-state index >= 15 is 0 Å². The minimum Gasteiger partial charge on any atom is -0.394 e. The summed E-state index contributed by atoms with van der Waals surface area (Å²) in [5.41, 5.74) is 0. The molecule has 10 nitrogen and oxygen atoms in total. The molecule has 6 atom stereocenters. The van der Waals surface area contributed by atoms with Crippen LogP contribution in [0, 0.1) is 0 Å². The molecule has 0 fully saturated rings. The van der Waals surface area contributed by atoms with Crippen LogP contribution in [0.15, 0.2) is 0 Å². The summed E-state index contributed by atoms with van der Waals surface area (Å²) in [5, 5.41) is 8.66. The standard InChI is InChI=1S/C39H80O10/c1-8-9-10-11-12-13-14-15-16-17-18-19-20-22-43-28-34(2)45-30-36(4)47-32-38(6)49-33-39(7)48-31-37(5)46-29-35(3)44-27-26-42-25-24-41-23-21-40/h34-40H,8-33H2,1-7H3. The normalized spacial score (nSPS) is 15.7. The van der Waals surface area contributed by atoms with Gasteiger partial charge in [-0.25, -0.2) is 0 Å². The molecule has 0 saturated carbocycles. The van der Waals surface area contributed by atoms with E-state index in [1.807, 2.05) is 34.6 Å². The lowest BCUT2D eigenvalue weighted by molar-refractivity contribution is -0.105. The van der Waals surface area contributed by atoms with E-state index in [0.717, 1.165) is 13.0 Å². The highest BCUT2D eigenvalue weighted by Crippen LogP contribution is 2.12. The van der Waals surface area contributed by atoms with Crippen LogP contribution in [0.1, 0.15) is 132 Å². The molecule has 0 aromatic heterocycles. The first-order valence-electron chi connectivity index (χ1n) is 19.8. The third-order valence-corrected chi connectivity index (χ3v) is 8.06. The van der Waals surface area contributed by atoms with E-state index < -0.39 is 0 Å². The summed E-state index contributed by atoms with van der Waals surface area (Å²) in [6.07, 6.45) is 17.6. The zero-order valence-electron chi connectivity index (χ0n) is 33.0. The fraction of sp³-hybridized carbons (Fsp3) is 1.00. The van der Waals surface area contributed by atoms with E-state index in [1.165, 1.54) is 77.0 Å². The second kappa shape index (κ2) is 37.4. The Labute approximate surface area is 301 Å². The van der Waals surface area contributed by atoms with Crippen LogP contribution < -0.4 is 0 Å². The molecule has 1 N–H and O–H groups in total. The third-order valence-electron chi connectivity index (χ3n) is 8.06. The third kappa shape index (κ3) is 37.2. The van der Waals surface area contributed by atoms with Gasteiger partial charge in [-0.05, 0) is 48.0 Å². The first-order chi connectivity index (χ1) is 23.8. The van der Waals surface area contributed by atoms with Crippen LogP contribution in [0.2, 0.25) is 0 Å². The van der Waals surface area contributed by atoms with Gasteiger partial charge in [0.2, 0.25) is 0 Å². The lowest BCUT2D eigenvalue weighted by atomic mass is 10.0. The van der Waals surface area contributed by atoms with Crippen molar-refractivity contribution in [3.05, 3.63) is 0 Å². The predicted octanol–water partition coefficient (Wildman–Crippen LogP) is 7.55. The molecule has 0 aliphatic heterocycles. The lowest BCUT2D eigenvalue weighted by Gasteiger charge is -2.22. The average Bonchev–Trinajstić information content (AvgIpc) is 3.09. The van der Waals surface area contributed by atoms with E-state index in [4.69, 9.17) is 47.7 Å². The first-order valence-corrected chi connectivity index (χ1v) is 19.8. The maximum Gasteiger partial charge on any atom is 0.0781 e. The summed E-state index contributed by atoms with van der Waals surface area (Å²) >= 11 is 0. The fourth-order valence-corrected chi connectivity index (χ4v) is 4.95. The molecule has 6 unspecified atom stereocenters. The van der Waals surface area contributed by atoms with Gasteiger partial charge in [0.25, 0.3) is 0 Å². The Hall–Kier alpha value is -0.400. The Morgan fingerprint density at radius 1 is 0.327 bits per heavy atom. The van der Waals surface area contributed by atoms with Gasteiger partial charge in [-0.2, -0.15) is 0 Å². The number of aliphatic hydroxyl groups excluding tert-OH is 1. The average molecular weight is 709 g/mol. The number of aliphatic hydroxyl groups is 1. The van der Waals surface area contributed by atoms with Crippen molar-refractivity contribution in [1.29, 1.82) is 0 Å². The van der Waals surface area contributed by atoms with Crippen molar-refractivity contribution in [2.45, 2.75) is 169 Å². The summed E-state index contributed by atoms with van der Waals surface area (Å²) in [5.74, 6) is 0. The molecule has 0 saturated heterocycles. The highest BCUT2D eigenvalue weighted by atomic mass is 16.6. The van der Waals surface area contributed by atoms with Crippen molar-refractivity contribution in [3.63, 3.8) is 0 Å². The summed E-state index contributed by atoms with van der Waals surface area (Å²) in [7, 11) is 0. The summed E-state index contributed by atoms with van der Waals surface area (Å²) in [6.45, 7) is 20.6. The van der Waals surface area contributed by atoms with Crippen molar-refractivity contribution in [2.24, 2.45) is 0 Å². The molecule has 0 aromatic carbocycles. The zero-order chi connectivity index (χ0) is 36.2. The molecule has 49 heavy (non-hydrogen) atoms. The van der Waals surface area contributed by atoms with Crippen LogP contribution in [0.4, 0.5) is 0 Å². The monoisotopic (exact) mass is 709 g/mol. The Balaban J connectivity index is 3.62. The molecule has 0 rings (SSSR count). The van der Waals surface area contributed by atoms with E-state index in [-0.39, 0.29) is 43.2 Å². The largest absolute Gasteiger partial charge is 0.394 e.